The highest BCUT2D eigenvalue weighted by Crippen LogP contribution is 2.37. The van der Waals surface area contributed by atoms with E-state index in [1.54, 1.807) is 48.5 Å². The average molecular weight is 446 g/mol. The van der Waals surface area contributed by atoms with Gasteiger partial charge in [0.25, 0.3) is 11.8 Å². The molecule has 0 atom stereocenters. The predicted octanol–water partition coefficient (Wildman–Crippen LogP) is 4.54. The first kappa shape index (κ1) is 22.1. The Balaban J connectivity index is 1.83. The van der Waals surface area contributed by atoms with Gasteiger partial charge in [-0.05, 0) is 36.8 Å². The zero-order valence-corrected chi connectivity index (χ0v) is 18.5. The SMILES string of the molecule is COc1ccc(C)cc1NC1=C(c2ccccc2OC)C(=O)N(Cc2ccccc2F)C1=O. The Morgan fingerprint density at radius 1 is 0.879 bits per heavy atom. The smallest absolute Gasteiger partial charge is 0.278 e. The van der Waals surface area contributed by atoms with Crippen LogP contribution in [0.1, 0.15) is 16.7 Å². The summed E-state index contributed by atoms with van der Waals surface area (Å²) in [4.78, 5) is 28.0. The van der Waals surface area contributed by atoms with Crippen molar-refractivity contribution < 1.29 is 23.5 Å². The van der Waals surface area contributed by atoms with Gasteiger partial charge in [-0.2, -0.15) is 0 Å². The molecule has 0 aliphatic carbocycles. The summed E-state index contributed by atoms with van der Waals surface area (Å²) in [5.74, 6) is -0.634. The molecule has 0 unspecified atom stereocenters. The van der Waals surface area contributed by atoms with E-state index in [4.69, 9.17) is 9.47 Å². The van der Waals surface area contributed by atoms with Crippen molar-refractivity contribution >= 4 is 23.1 Å². The third kappa shape index (κ3) is 4.17. The number of nitrogens with one attached hydrogen (secondary N) is 1. The van der Waals surface area contributed by atoms with E-state index in [2.05, 4.69) is 5.32 Å². The minimum atomic E-state index is -0.562. The van der Waals surface area contributed by atoms with E-state index in [0.717, 1.165) is 10.5 Å². The first-order valence-electron chi connectivity index (χ1n) is 10.3. The Morgan fingerprint density at radius 3 is 2.30 bits per heavy atom. The van der Waals surface area contributed by atoms with Crippen LogP contribution in [0, 0.1) is 12.7 Å². The van der Waals surface area contributed by atoms with Crippen LogP contribution in [0.4, 0.5) is 10.1 Å². The Morgan fingerprint density at radius 2 is 1.58 bits per heavy atom. The second-order valence-electron chi connectivity index (χ2n) is 7.57. The Bertz CT molecular complexity index is 1270. The van der Waals surface area contributed by atoms with Gasteiger partial charge < -0.3 is 14.8 Å². The maximum absolute atomic E-state index is 14.3. The largest absolute Gasteiger partial charge is 0.496 e. The summed E-state index contributed by atoms with van der Waals surface area (Å²) in [5, 5.41) is 3.10. The number of hydrogen-bond donors (Lipinski definition) is 1. The summed E-state index contributed by atoms with van der Waals surface area (Å²) in [6.45, 7) is 1.71. The number of methoxy groups -OCH3 is 2. The lowest BCUT2D eigenvalue weighted by Gasteiger charge is -2.16. The zero-order chi connectivity index (χ0) is 23.5. The van der Waals surface area contributed by atoms with Gasteiger partial charge in [-0.15, -0.1) is 0 Å². The molecule has 2 amide bonds. The van der Waals surface area contributed by atoms with Gasteiger partial charge in [-0.25, -0.2) is 4.39 Å². The molecule has 1 aliphatic heterocycles. The van der Waals surface area contributed by atoms with Crippen molar-refractivity contribution in [3.05, 3.63) is 94.9 Å². The number of carbonyl (C=O) groups is 2. The lowest BCUT2D eigenvalue weighted by molar-refractivity contribution is -0.137. The van der Waals surface area contributed by atoms with Crippen molar-refractivity contribution in [3.8, 4) is 11.5 Å². The highest BCUT2D eigenvalue weighted by atomic mass is 19.1. The summed E-state index contributed by atoms with van der Waals surface area (Å²) in [5.41, 5.74) is 2.41. The van der Waals surface area contributed by atoms with Crippen LogP contribution < -0.4 is 14.8 Å². The van der Waals surface area contributed by atoms with E-state index >= 15 is 0 Å². The van der Waals surface area contributed by atoms with Crippen LogP contribution in [0.2, 0.25) is 0 Å². The first-order chi connectivity index (χ1) is 15.9. The Kier molecular flexibility index (Phi) is 6.13. The van der Waals surface area contributed by atoms with E-state index in [9.17, 15) is 14.0 Å². The van der Waals surface area contributed by atoms with Gasteiger partial charge >= 0.3 is 0 Å². The number of benzene rings is 3. The number of amides is 2. The molecule has 1 N–H and O–H groups in total. The summed E-state index contributed by atoms with van der Waals surface area (Å²) in [6, 6.07) is 18.5. The molecule has 0 spiro atoms. The molecule has 0 bridgehead atoms. The number of aryl methyl sites for hydroxylation is 1. The number of imide groups is 1. The number of halogens is 1. The minimum Gasteiger partial charge on any atom is -0.496 e. The zero-order valence-electron chi connectivity index (χ0n) is 18.5. The van der Waals surface area contributed by atoms with Crippen LogP contribution in [0.5, 0.6) is 11.5 Å². The number of carbonyl (C=O) groups excluding carboxylic acids is 2. The van der Waals surface area contributed by atoms with Crippen LogP contribution >= 0.6 is 0 Å². The van der Waals surface area contributed by atoms with Gasteiger partial charge in [0.1, 0.15) is 23.0 Å². The fourth-order valence-electron chi connectivity index (χ4n) is 3.79. The molecule has 1 heterocycles. The van der Waals surface area contributed by atoms with Crippen molar-refractivity contribution in [1.82, 2.24) is 4.90 Å². The number of para-hydroxylation sites is 1. The average Bonchev–Trinajstić information content (AvgIpc) is 3.04. The molecular formula is C26H23FN2O4. The van der Waals surface area contributed by atoms with E-state index in [-0.39, 0.29) is 23.4 Å². The molecule has 7 heteroatoms. The predicted molar refractivity (Wildman–Crippen MR) is 123 cm³/mol. The molecule has 33 heavy (non-hydrogen) atoms. The van der Waals surface area contributed by atoms with E-state index < -0.39 is 17.6 Å². The van der Waals surface area contributed by atoms with Crippen molar-refractivity contribution in [2.45, 2.75) is 13.5 Å². The fourth-order valence-corrected chi connectivity index (χ4v) is 3.79. The molecule has 0 radical (unpaired) electrons. The second kappa shape index (κ2) is 9.16. The van der Waals surface area contributed by atoms with Crippen molar-refractivity contribution in [2.75, 3.05) is 19.5 Å². The number of hydrogen-bond acceptors (Lipinski definition) is 5. The third-order valence-corrected chi connectivity index (χ3v) is 5.45. The van der Waals surface area contributed by atoms with Crippen LogP contribution in [0.15, 0.2) is 72.4 Å². The molecule has 0 saturated heterocycles. The van der Waals surface area contributed by atoms with Crippen LogP contribution in [0.25, 0.3) is 5.57 Å². The van der Waals surface area contributed by atoms with Crippen LogP contribution in [-0.4, -0.2) is 30.9 Å². The Hall–Kier alpha value is -4.13. The molecule has 1 aliphatic rings. The van der Waals surface area contributed by atoms with Crippen molar-refractivity contribution in [3.63, 3.8) is 0 Å². The monoisotopic (exact) mass is 446 g/mol. The van der Waals surface area contributed by atoms with Gasteiger partial charge in [-0.3, -0.25) is 14.5 Å². The van der Waals surface area contributed by atoms with E-state index in [0.29, 0.717) is 22.7 Å². The highest BCUT2D eigenvalue weighted by molar-refractivity contribution is 6.37. The van der Waals surface area contributed by atoms with Gasteiger partial charge in [0.05, 0.1) is 32.0 Å². The summed E-state index contributed by atoms with van der Waals surface area (Å²) < 4.78 is 25.2. The van der Waals surface area contributed by atoms with Crippen LogP contribution in [-0.2, 0) is 16.1 Å². The van der Waals surface area contributed by atoms with Gasteiger partial charge in [-0.1, -0.05) is 42.5 Å². The maximum Gasteiger partial charge on any atom is 0.278 e. The number of ether oxygens (including phenoxy) is 2. The van der Waals surface area contributed by atoms with Gasteiger partial charge in [0.2, 0.25) is 0 Å². The van der Waals surface area contributed by atoms with E-state index in [1.165, 1.54) is 20.3 Å². The lowest BCUT2D eigenvalue weighted by atomic mass is 10.0. The second-order valence-corrected chi connectivity index (χ2v) is 7.57. The molecule has 0 aromatic heterocycles. The van der Waals surface area contributed by atoms with Gasteiger partial charge in [0.15, 0.2) is 0 Å². The molecule has 3 aromatic carbocycles. The van der Waals surface area contributed by atoms with Crippen LogP contribution in [0.3, 0.4) is 0 Å². The quantitative estimate of drug-likeness (QED) is 0.540. The van der Waals surface area contributed by atoms with Crippen molar-refractivity contribution in [2.24, 2.45) is 0 Å². The minimum absolute atomic E-state index is 0.0738. The third-order valence-electron chi connectivity index (χ3n) is 5.45. The van der Waals surface area contributed by atoms with Gasteiger partial charge in [0, 0.05) is 11.1 Å². The van der Waals surface area contributed by atoms with Crippen molar-refractivity contribution in [1.29, 1.82) is 0 Å². The molecule has 4 rings (SSSR count). The molecule has 0 saturated carbocycles. The number of nitrogens with zero attached hydrogens (tertiary/aromatic N) is 1. The fraction of sp³-hybridized carbons (Fsp3) is 0.154. The lowest BCUT2D eigenvalue weighted by Crippen LogP contribution is -2.32. The molecule has 0 fully saturated rings. The molecule has 3 aromatic rings. The number of rotatable bonds is 7. The molecule has 168 valence electrons. The first-order valence-corrected chi connectivity index (χ1v) is 10.3. The Labute approximate surface area is 191 Å². The topological polar surface area (TPSA) is 67.9 Å². The molecular weight excluding hydrogens is 423 g/mol. The number of anilines is 1. The summed E-state index contributed by atoms with van der Waals surface area (Å²) in [6.07, 6.45) is 0. The van der Waals surface area contributed by atoms with E-state index in [1.807, 2.05) is 19.1 Å². The normalized spacial score (nSPS) is 13.5. The summed E-state index contributed by atoms with van der Waals surface area (Å²) >= 11 is 0. The maximum atomic E-state index is 14.3. The highest BCUT2D eigenvalue weighted by Gasteiger charge is 2.40. The standard InChI is InChI=1S/C26H23FN2O4/c1-16-12-13-22(33-3)20(14-16)28-24-23(18-9-5-7-11-21(18)32-2)25(30)29(26(24)31)15-17-8-4-6-10-19(17)27/h4-14,28H,15H2,1-3H3. The summed E-state index contributed by atoms with van der Waals surface area (Å²) in [7, 11) is 3.02. The molecule has 6 nitrogen and oxygen atoms in total.